The fraction of sp³-hybridized carbons (Fsp3) is 0.391. The van der Waals surface area contributed by atoms with Gasteiger partial charge in [-0.15, -0.1) is 0 Å². The van der Waals surface area contributed by atoms with Crippen molar-refractivity contribution in [2.24, 2.45) is 5.92 Å². The van der Waals surface area contributed by atoms with Gasteiger partial charge in [-0.1, -0.05) is 24.3 Å². The maximum Gasteiger partial charge on any atom is 0.224 e. The molecule has 2 aromatic heterocycles. The molecule has 1 saturated heterocycles. The number of amides is 1. The predicted octanol–water partition coefficient (Wildman–Crippen LogP) is 2.41. The zero-order valence-electron chi connectivity index (χ0n) is 17.4. The van der Waals surface area contributed by atoms with Gasteiger partial charge in [0.15, 0.2) is 0 Å². The van der Waals surface area contributed by atoms with E-state index >= 15 is 0 Å². The van der Waals surface area contributed by atoms with Crippen LogP contribution in [0.25, 0.3) is 0 Å². The van der Waals surface area contributed by atoms with Crippen LogP contribution in [0.4, 0.5) is 5.82 Å². The van der Waals surface area contributed by atoms with E-state index in [9.17, 15) is 4.79 Å². The molecule has 0 radical (unpaired) electrons. The van der Waals surface area contributed by atoms with Crippen molar-refractivity contribution in [3.63, 3.8) is 0 Å². The summed E-state index contributed by atoms with van der Waals surface area (Å²) in [6, 6.07) is 10.3. The Morgan fingerprint density at radius 3 is 2.80 bits per heavy atom. The number of carbonyl (C=O) groups is 1. The minimum absolute atomic E-state index is 0.0422. The molecule has 30 heavy (non-hydrogen) atoms. The molecule has 1 aromatic carbocycles. The summed E-state index contributed by atoms with van der Waals surface area (Å²) in [4.78, 5) is 23.3. The molecule has 4 rings (SSSR count). The number of anilines is 1. The highest BCUT2D eigenvalue weighted by molar-refractivity contribution is 5.78. The quantitative estimate of drug-likeness (QED) is 0.624. The lowest BCUT2D eigenvalue weighted by molar-refractivity contribution is -0.120. The Kier molecular flexibility index (Phi) is 6.37. The molecule has 1 N–H and O–H groups in total. The Hall–Kier alpha value is -3.22. The van der Waals surface area contributed by atoms with Crippen LogP contribution >= 0.6 is 0 Å². The van der Waals surface area contributed by atoms with Crippen LogP contribution in [0, 0.1) is 12.8 Å². The summed E-state index contributed by atoms with van der Waals surface area (Å²) in [5.74, 6) is 1.63. The molecule has 3 aromatic rings. The van der Waals surface area contributed by atoms with Gasteiger partial charge in [-0.3, -0.25) is 14.5 Å². The summed E-state index contributed by atoms with van der Waals surface area (Å²) >= 11 is 0. The number of nitrogens with zero attached hydrogens (tertiary/aromatic N) is 5. The standard InChI is InChI=1S/C23H28N6O/c1-18-15-24-16-22(27-18)28-11-7-21(17-28)13-19-3-5-20(6-4-19)14-23(30)25-9-12-29-10-2-8-26-29/h2-6,8,10,15-16,21H,7,9,11-14,17H2,1H3,(H,25,30). The van der Waals surface area contributed by atoms with E-state index in [1.807, 2.05) is 30.1 Å². The average Bonchev–Trinajstić information content (AvgIpc) is 3.42. The van der Waals surface area contributed by atoms with E-state index < -0.39 is 0 Å². The molecule has 7 heteroatoms. The van der Waals surface area contributed by atoms with E-state index in [1.54, 1.807) is 12.4 Å². The third-order valence-corrected chi connectivity index (χ3v) is 5.49. The van der Waals surface area contributed by atoms with Crippen LogP contribution in [-0.4, -0.2) is 45.3 Å². The number of benzene rings is 1. The summed E-state index contributed by atoms with van der Waals surface area (Å²) in [7, 11) is 0. The zero-order valence-corrected chi connectivity index (χ0v) is 17.4. The normalized spacial score (nSPS) is 16.0. The van der Waals surface area contributed by atoms with Crippen LogP contribution in [0.1, 0.15) is 23.2 Å². The molecule has 1 aliphatic heterocycles. The predicted molar refractivity (Wildman–Crippen MR) is 116 cm³/mol. The third kappa shape index (κ3) is 5.43. The molecule has 1 fully saturated rings. The Morgan fingerprint density at radius 1 is 1.20 bits per heavy atom. The second-order valence-electron chi connectivity index (χ2n) is 7.94. The molecular formula is C23H28N6O. The van der Waals surface area contributed by atoms with E-state index in [0.29, 0.717) is 25.4 Å². The number of aryl methyl sites for hydroxylation is 1. The van der Waals surface area contributed by atoms with Crippen LogP contribution in [0.2, 0.25) is 0 Å². The molecular weight excluding hydrogens is 376 g/mol. The summed E-state index contributed by atoms with van der Waals surface area (Å²) in [6.07, 6.45) is 9.89. The molecule has 0 aliphatic carbocycles. The molecule has 156 valence electrons. The smallest absolute Gasteiger partial charge is 0.224 e. The highest BCUT2D eigenvalue weighted by Gasteiger charge is 2.24. The lowest BCUT2D eigenvalue weighted by Crippen LogP contribution is -2.28. The highest BCUT2D eigenvalue weighted by Crippen LogP contribution is 2.24. The first-order chi connectivity index (χ1) is 14.7. The largest absolute Gasteiger partial charge is 0.355 e. The first kappa shape index (κ1) is 20.1. The van der Waals surface area contributed by atoms with Crippen molar-refractivity contribution in [2.45, 2.75) is 32.7 Å². The van der Waals surface area contributed by atoms with E-state index in [4.69, 9.17) is 0 Å². The molecule has 0 saturated carbocycles. The lowest BCUT2D eigenvalue weighted by Gasteiger charge is -2.17. The van der Waals surface area contributed by atoms with Gasteiger partial charge in [-0.2, -0.15) is 5.10 Å². The Balaban J connectivity index is 1.22. The number of rotatable bonds is 8. The molecule has 1 atom stereocenters. The van der Waals surface area contributed by atoms with Gasteiger partial charge in [-0.25, -0.2) is 4.98 Å². The van der Waals surface area contributed by atoms with E-state index in [-0.39, 0.29) is 5.91 Å². The van der Waals surface area contributed by atoms with Gasteiger partial charge >= 0.3 is 0 Å². The summed E-state index contributed by atoms with van der Waals surface area (Å²) < 4.78 is 1.81. The fourth-order valence-electron chi connectivity index (χ4n) is 3.93. The number of nitrogens with one attached hydrogen (secondary N) is 1. The number of hydrogen-bond donors (Lipinski definition) is 1. The van der Waals surface area contributed by atoms with E-state index in [2.05, 4.69) is 49.5 Å². The molecule has 0 spiro atoms. The number of aromatic nitrogens is 4. The van der Waals surface area contributed by atoms with Crippen LogP contribution in [0.3, 0.4) is 0 Å². The Bertz CT molecular complexity index is 954. The lowest BCUT2D eigenvalue weighted by atomic mass is 9.97. The second-order valence-corrected chi connectivity index (χ2v) is 7.94. The van der Waals surface area contributed by atoms with Crippen LogP contribution in [0.15, 0.2) is 55.1 Å². The van der Waals surface area contributed by atoms with Crippen molar-refractivity contribution in [3.8, 4) is 0 Å². The van der Waals surface area contributed by atoms with Gasteiger partial charge in [0.05, 0.1) is 24.9 Å². The maximum absolute atomic E-state index is 12.1. The van der Waals surface area contributed by atoms with Crippen molar-refractivity contribution < 1.29 is 4.79 Å². The molecule has 1 aliphatic rings. The highest BCUT2D eigenvalue weighted by atomic mass is 16.1. The van der Waals surface area contributed by atoms with Gasteiger partial charge in [0.2, 0.25) is 5.91 Å². The summed E-state index contributed by atoms with van der Waals surface area (Å²) in [5.41, 5.74) is 3.32. The third-order valence-electron chi connectivity index (χ3n) is 5.49. The average molecular weight is 405 g/mol. The molecule has 0 bridgehead atoms. The fourth-order valence-corrected chi connectivity index (χ4v) is 3.93. The van der Waals surface area contributed by atoms with Crippen LogP contribution in [0.5, 0.6) is 0 Å². The molecule has 1 unspecified atom stereocenters. The van der Waals surface area contributed by atoms with Gasteiger partial charge in [-0.05, 0) is 42.9 Å². The summed E-state index contributed by atoms with van der Waals surface area (Å²) in [6.45, 7) is 5.29. The second kappa shape index (κ2) is 9.52. The maximum atomic E-state index is 12.1. The summed E-state index contributed by atoms with van der Waals surface area (Å²) in [5, 5.41) is 7.08. The number of carbonyl (C=O) groups excluding carboxylic acids is 1. The topological polar surface area (TPSA) is 75.9 Å². The van der Waals surface area contributed by atoms with Crippen molar-refractivity contribution in [2.75, 3.05) is 24.5 Å². The monoisotopic (exact) mass is 404 g/mol. The van der Waals surface area contributed by atoms with Gasteiger partial charge < -0.3 is 10.2 Å². The molecule has 3 heterocycles. The van der Waals surface area contributed by atoms with Crippen molar-refractivity contribution in [1.29, 1.82) is 0 Å². The Morgan fingerprint density at radius 2 is 2.03 bits per heavy atom. The molecule has 7 nitrogen and oxygen atoms in total. The van der Waals surface area contributed by atoms with E-state index in [1.165, 1.54) is 5.56 Å². The van der Waals surface area contributed by atoms with Crippen LogP contribution < -0.4 is 10.2 Å². The van der Waals surface area contributed by atoms with Gasteiger partial charge in [0.1, 0.15) is 5.82 Å². The molecule has 1 amide bonds. The van der Waals surface area contributed by atoms with Crippen molar-refractivity contribution in [1.82, 2.24) is 25.1 Å². The number of hydrogen-bond acceptors (Lipinski definition) is 5. The first-order valence-corrected chi connectivity index (χ1v) is 10.5. The SMILES string of the molecule is Cc1cncc(N2CCC(Cc3ccc(CC(=O)NCCn4cccn4)cc3)C2)n1. The first-order valence-electron chi connectivity index (χ1n) is 10.5. The minimum atomic E-state index is 0.0422. The Labute approximate surface area is 177 Å². The van der Waals surface area contributed by atoms with Gasteiger partial charge in [0, 0.05) is 38.2 Å². The minimum Gasteiger partial charge on any atom is -0.355 e. The van der Waals surface area contributed by atoms with Crippen molar-refractivity contribution >= 4 is 11.7 Å². The zero-order chi connectivity index (χ0) is 20.8. The van der Waals surface area contributed by atoms with Crippen LogP contribution in [-0.2, 0) is 24.2 Å². The van der Waals surface area contributed by atoms with Crippen molar-refractivity contribution in [3.05, 3.63) is 71.9 Å². The van der Waals surface area contributed by atoms with E-state index in [0.717, 1.165) is 43.0 Å². The van der Waals surface area contributed by atoms with Gasteiger partial charge in [0.25, 0.3) is 0 Å².